The van der Waals surface area contributed by atoms with Crippen molar-refractivity contribution in [2.45, 2.75) is 65.5 Å². The molecule has 0 heterocycles. The zero-order chi connectivity index (χ0) is 23.4. The third-order valence-corrected chi connectivity index (χ3v) is 6.14. The fourth-order valence-electron chi connectivity index (χ4n) is 4.96. The van der Waals surface area contributed by atoms with Gasteiger partial charge in [0, 0.05) is 37.2 Å². The molecule has 0 aromatic heterocycles. The number of alkyl halides is 3. The lowest BCUT2D eigenvalue weighted by Gasteiger charge is -2.39. The Balaban J connectivity index is 2.26. The second kappa shape index (κ2) is 7.61. The molecule has 0 radical (unpaired) electrons. The van der Waals surface area contributed by atoms with Gasteiger partial charge in [-0.25, -0.2) is 0 Å². The van der Waals surface area contributed by atoms with E-state index in [2.05, 4.69) is 0 Å². The molecule has 2 aliphatic carbocycles. The third-order valence-electron chi connectivity index (χ3n) is 6.14. The highest BCUT2D eigenvalue weighted by atomic mass is 19.4. The zero-order valence-corrected chi connectivity index (χ0v) is 18.1. The van der Waals surface area contributed by atoms with Crippen LogP contribution in [0.2, 0.25) is 0 Å². The fourth-order valence-corrected chi connectivity index (χ4v) is 4.96. The topological polar surface area (TPSA) is 71.4 Å². The predicted molar refractivity (Wildman–Crippen MR) is 108 cm³/mol. The molecule has 7 heteroatoms. The van der Waals surface area contributed by atoms with Crippen LogP contribution in [-0.4, -0.2) is 22.5 Å². The Morgan fingerprint density at radius 3 is 1.94 bits per heavy atom. The van der Waals surface area contributed by atoms with Gasteiger partial charge in [-0.3, -0.25) is 14.4 Å². The van der Waals surface area contributed by atoms with E-state index < -0.39 is 51.8 Å². The number of benzene rings is 1. The number of carbonyl (C=O) groups excluding carboxylic acids is 3. The van der Waals surface area contributed by atoms with Gasteiger partial charge in [-0.05, 0) is 22.5 Å². The minimum Gasteiger partial charge on any atom is -0.512 e. The van der Waals surface area contributed by atoms with Crippen LogP contribution in [0.15, 0.2) is 35.6 Å². The number of rotatable bonds is 3. The lowest BCUT2D eigenvalue weighted by Crippen LogP contribution is -2.43. The number of allylic oxidation sites excluding steroid dienone is 2. The molecule has 1 fully saturated rings. The molecule has 1 aromatic carbocycles. The molecule has 3 rings (SSSR count). The SMILES string of the molecule is CC1(C)CC(=O)C(C(C2=C(O)CC(C)(C)CC2=O)c2ccccc2C(F)(F)F)C(=O)C1. The maximum Gasteiger partial charge on any atom is 0.416 e. The van der Waals surface area contributed by atoms with Crippen LogP contribution in [0.25, 0.3) is 0 Å². The van der Waals surface area contributed by atoms with Crippen molar-refractivity contribution < 1.29 is 32.7 Å². The number of aliphatic hydroxyl groups excluding tert-OH is 1. The molecular weight excluding hydrogens is 409 g/mol. The van der Waals surface area contributed by atoms with E-state index in [1.807, 2.05) is 0 Å². The molecule has 1 atom stereocenters. The standard InChI is InChI=1S/C24H27F3O4/c1-22(2)9-15(28)20(16(29)10-22)19(13-7-5-6-8-14(13)24(25,26)27)21-17(30)11-23(3,4)12-18(21)31/h5-8,19-20,30H,9-12H2,1-4H3. The summed E-state index contributed by atoms with van der Waals surface area (Å²) in [6.07, 6.45) is -4.62. The lowest BCUT2D eigenvalue weighted by atomic mass is 9.62. The number of halogens is 3. The Labute approximate surface area is 179 Å². The molecule has 4 nitrogen and oxygen atoms in total. The number of Topliss-reactive ketones (excluding diaryl/α,β-unsaturated/α-hetero) is 3. The molecular formula is C24H27F3O4. The van der Waals surface area contributed by atoms with Crippen LogP contribution in [0.3, 0.4) is 0 Å². The van der Waals surface area contributed by atoms with Gasteiger partial charge in [0.2, 0.25) is 0 Å². The van der Waals surface area contributed by atoms with E-state index in [9.17, 15) is 32.7 Å². The van der Waals surface area contributed by atoms with E-state index in [1.165, 1.54) is 18.2 Å². The molecule has 1 aromatic rings. The Kier molecular flexibility index (Phi) is 5.70. The first-order valence-corrected chi connectivity index (χ1v) is 10.3. The van der Waals surface area contributed by atoms with Crippen LogP contribution in [0.5, 0.6) is 0 Å². The van der Waals surface area contributed by atoms with Crippen molar-refractivity contribution in [3.8, 4) is 0 Å². The summed E-state index contributed by atoms with van der Waals surface area (Å²) in [6, 6.07) is 4.67. The second-order valence-corrected chi connectivity index (χ2v) is 10.3. The van der Waals surface area contributed by atoms with Crippen molar-refractivity contribution in [2.75, 3.05) is 0 Å². The smallest absolute Gasteiger partial charge is 0.416 e. The maximum atomic E-state index is 13.8. The van der Waals surface area contributed by atoms with E-state index in [1.54, 1.807) is 27.7 Å². The molecule has 1 N–H and O–H groups in total. The summed E-state index contributed by atoms with van der Waals surface area (Å²) in [5.41, 5.74) is -2.74. The Morgan fingerprint density at radius 1 is 0.903 bits per heavy atom. The summed E-state index contributed by atoms with van der Waals surface area (Å²) in [5, 5.41) is 10.8. The first-order valence-electron chi connectivity index (χ1n) is 10.3. The Hall–Kier alpha value is -2.44. The monoisotopic (exact) mass is 436 g/mol. The van der Waals surface area contributed by atoms with E-state index in [0.717, 1.165) is 6.07 Å². The van der Waals surface area contributed by atoms with Crippen LogP contribution >= 0.6 is 0 Å². The summed E-state index contributed by atoms with van der Waals surface area (Å²) < 4.78 is 41.5. The van der Waals surface area contributed by atoms with Crippen LogP contribution in [0.1, 0.15) is 70.4 Å². The second-order valence-electron chi connectivity index (χ2n) is 10.3. The van der Waals surface area contributed by atoms with E-state index >= 15 is 0 Å². The number of aliphatic hydroxyl groups is 1. The van der Waals surface area contributed by atoms with Gasteiger partial charge >= 0.3 is 6.18 Å². The van der Waals surface area contributed by atoms with Crippen molar-refractivity contribution in [3.63, 3.8) is 0 Å². The van der Waals surface area contributed by atoms with Crippen LogP contribution in [0.4, 0.5) is 13.2 Å². The molecule has 0 spiro atoms. The van der Waals surface area contributed by atoms with Gasteiger partial charge in [-0.15, -0.1) is 0 Å². The van der Waals surface area contributed by atoms with Gasteiger partial charge in [-0.2, -0.15) is 13.2 Å². The molecule has 1 saturated carbocycles. The van der Waals surface area contributed by atoms with Crippen molar-refractivity contribution in [3.05, 3.63) is 46.7 Å². The molecule has 0 saturated heterocycles. The summed E-state index contributed by atoms with van der Waals surface area (Å²) in [6.45, 7) is 7.05. The minimum atomic E-state index is -4.75. The van der Waals surface area contributed by atoms with Crippen molar-refractivity contribution in [2.24, 2.45) is 16.7 Å². The average molecular weight is 436 g/mol. The van der Waals surface area contributed by atoms with Crippen molar-refractivity contribution in [1.82, 2.24) is 0 Å². The quantitative estimate of drug-likeness (QED) is 0.630. The van der Waals surface area contributed by atoms with Crippen molar-refractivity contribution >= 4 is 17.3 Å². The first kappa shape index (κ1) is 23.2. The third kappa shape index (κ3) is 4.60. The summed E-state index contributed by atoms with van der Waals surface area (Å²) >= 11 is 0. The Bertz CT molecular complexity index is 949. The highest BCUT2D eigenvalue weighted by Crippen LogP contribution is 2.49. The van der Waals surface area contributed by atoms with E-state index in [0.29, 0.717) is 0 Å². The average Bonchev–Trinajstić information content (AvgIpc) is 2.56. The van der Waals surface area contributed by atoms with Crippen molar-refractivity contribution in [1.29, 1.82) is 0 Å². The Morgan fingerprint density at radius 2 is 1.42 bits per heavy atom. The highest BCUT2D eigenvalue weighted by molar-refractivity contribution is 6.09. The highest BCUT2D eigenvalue weighted by Gasteiger charge is 2.50. The predicted octanol–water partition coefficient (Wildman–Crippen LogP) is 5.56. The van der Waals surface area contributed by atoms with E-state index in [4.69, 9.17) is 0 Å². The molecule has 168 valence electrons. The maximum absolute atomic E-state index is 13.8. The van der Waals surface area contributed by atoms with E-state index in [-0.39, 0.29) is 42.6 Å². The molecule has 0 bridgehead atoms. The number of hydrogen-bond donors (Lipinski definition) is 1. The molecule has 31 heavy (non-hydrogen) atoms. The minimum absolute atomic E-state index is 0.0116. The van der Waals surface area contributed by atoms with Gasteiger partial charge in [-0.1, -0.05) is 45.9 Å². The fraction of sp³-hybridized carbons (Fsp3) is 0.542. The number of carbonyl (C=O) groups is 3. The lowest BCUT2D eigenvalue weighted by molar-refractivity contribution is -0.143. The normalized spacial score (nSPS) is 23.3. The molecule has 2 aliphatic rings. The first-order chi connectivity index (χ1) is 14.1. The summed E-state index contributed by atoms with van der Waals surface area (Å²) in [4.78, 5) is 39.2. The summed E-state index contributed by atoms with van der Waals surface area (Å²) in [5.74, 6) is -4.76. The van der Waals surface area contributed by atoms with Gasteiger partial charge in [0.15, 0.2) is 5.78 Å². The van der Waals surface area contributed by atoms with Gasteiger partial charge in [0.1, 0.15) is 17.3 Å². The van der Waals surface area contributed by atoms with Crippen LogP contribution in [-0.2, 0) is 20.6 Å². The van der Waals surface area contributed by atoms with Gasteiger partial charge in [0.05, 0.1) is 11.5 Å². The summed E-state index contributed by atoms with van der Waals surface area (Å²) in [7, 11) is 0. The largest absolute Gasteiger partial charge is 0.512 e. The van der Waals surface area contributed by atoms with Crippen LogP contribution < -0.4 is 0 Å². The molecule has 0 amide bonds. The van der Waals surface area contributed by atoms with Gasteiger partial charge < -0.3 is 5.11 Å². The number of ketones is 3. The number of hydrogen-bond acceptors (Lipinski definition) is 4. The zero-order valence-electron chi connectivity index (χ0n) is 18.1. The molecule has 0 aliphatic heterocycles. The van der Waals surface area contributed by atoms with Gasteiger partial charge in [0.25, 0.3) is 0 Å². The van der Waals surface area contributed by atoms with Crippen LogP contribution in [0, 0.1) is 16.7 Å². The molecule has 1 unspecified atom stereocenters.